The van der Waals surface area contributed by atoms with Crippen molar-refractivity contribution in [2.45, 2.75) is 64.3 Å². The first-order valence-electron chi connectivity index (χ1n) is 11.1. The number of carbonyl (C=O) groups excluding carboxylic acids is 1. The molecule has 1 amide bonds. The van der Waals surface area contributed by atoms with Gasteiger partial charge in [0, 0.05) is 37.6 Å². The van der Waals surface area contributed by atoms with Crippen LogP contribution in [-0.2, 0) is 4.79 Å². The highest BCUT2D eigenvalue weighted by molar-refractivity contribution is 5.88. The zero-order valence-corrected chi connectivity index (χ0v) is 16.9. The molecule has 1 N–H and O–H groups in total. The van der Waals surface area contributed by atoms with Gasteiger partial charge in [-0.3, -0.25) is 4.79 Å². The van der Waals surface area contributed by atoms with E-state index in [1.54, 1.807) is 12.4 Å². The van der Waals surface area contributed by atoms with E-state index >= 15 is 0 Å². The number of rotatable bonds is 4. The topological polar surface area (TPSA) is 58.1 Å². The number of amides is 1. The summed E-state index contributed by atoms with van der Waals surface area (Å²) >= 11 is 0. The summed E-state index contributed by atoms with van der Waals surface area (Å²) in [5, 5.41) is 3.27. The third-order valence-electron chi connectivity index (χ3n) is 7.90. The largest absolute Gasteiger partial charge is 0.350 e. The van der Waals surface area contributed by atoms with E-state index in [1.165, 1.54) is 44.1 Å². The van der Waals surface area contributed by atoms with Crippen LogP contribution in [0.5, 0.6) is 0 Å². The number of piperidine rings is 1. The van der Waals surface area contributed by atoms with Crippen LogP contribution < -0.4 is 10.2 Å². The average molecular weight is 381 g/mol. The number of aromatic nitrogens is 2. The summed E-state index contributed by atoms with van der Waals surface area (Å²) in [4.78, 5) is 23.6. The molecule has 4 bridgehead atoms. The Balaban J connectivity index is 1.18. The van der Waals surface area contributed by atoms with Crippen LogP contribution in [0.25, 0.3) is 0 Å². The third kappa shape index (κ3) is 3.44. The molecule has 5 nitrogen and oxygen atoms in total. The summed E-state index contributed by atoms with van der Waals surface area (Å²) in [6.07, 6.45) is 15.7. The SMILES string of the molecule is C/C(=C/C(=O)NC1CCN(c2ncccn2)CC1)C12CC3CC(CC(C3)C1)C2. The Morgan fingerprint density at radius 3 is 2.21 bits per heavy atom. The molecule has 0 spiro atoms. The van der Waals surface area contributed by atoms with Crippen LogP contribution in [0.4, 0.5) is 5.95 Å². The molecule has 5 heteroatoms. The molecule has 0 aromatic carbocycles. The third-order valence-corrected chi connectivity index (χ3v) is 7.90. The highest BCUT2D eigenvalue weighted by atomic mass is 16.1. The minimum Gasteiger partial charge on any atom is -0.350 e. The first kappa shape index (κ1) is 18.1. The van der Waals surface area contributed by atoms with Gasteiger partial charge in [-0.25, -0.2) is 9.97 Å². The Kier molecular flexibility index (Phi) is 4.64. The van der Waals surface area contributed by atoms with Gasteiger partial charge < -0.3 is 10.2 Å². The lowest BCUT2D eigenvalue weighted by molar-refractivity contribution is -0.117. The van der Waals surface area contributed by atoms with E-state index in [0.29, 0.717) is 5.41 Å². The fraction of sp³-hybridized carbons (Fsp3) is 0.696. The molecule has 0 radical (unpaired) electrons. The highest BCUT2D eigenvalue weighted by Crippen LogP contribution is 2.62. The molecule has 0 unspecified atom stereocenters. The van der Waals surface area contributed by atoms with Gasteiger partial charge in [-0.1, -0.05) is 5.57 Å². The van der Waals surface area contributed by atoms with Gasteiger partial charge in [-0.05, 0) is 87.5 Å². The van der Waals surface area contributed by atoms with Crippen LogP contribution in [0.3, 0.4) is 0 Å². The van der Waals surface area contributed by atoms with Gasteiger partial charge >= 0.3 is 0 Å². The van der Waals surface area contributed by atoms with E-state index in [9.17, 15) is 4.79 Å². The van der Waals surface area contributed by atoms with Crippen molar-refractivity contribution in [2.75, 3.05) is 18.0 Å². The zero-order valence-electron chi connectivity index (χ0n) is 16.9. The maximum absolute atomic E-state index is 12.7. The minimum atomic E-state index is 0.114. The number of allylic oxidation sites excluding steroid dienone is 1. The van der Waals surface area contributed by atoms with E-state index in [4.69, 9.17) is 0 Å². The maximum atomic E-state index is 12.7. The Morgan fingerprint density at radius 1 is 1.07 bits per heavy atom. The number of carbonyl (C=O) groups is 1. The maximum Gasteiger partial charge on any atom is 0.244 e. The number of nitrogens with one attached hydrogen (secondary N) is 1. The predicted octanol–water partition coefficient (Wildman–Crippen LogP) is 3.72. The molecule has 5 fully saturated rings. The number of nitrogens with zero attached hydrogens (tertiary/aromatic N) is 3. The van der Waals surface area contributed by atoms with E-state index in [2.05, 4.69) is 27.1 Å². The first-order valence-corrected chi connectivity index (χ1v) is 11.1. The summed E-state index contributed by atoms with van der Waals surface area (Å²) < 4.78 is 0. The number of hydrogen-bond donors (Lipinski definition) is 1. The average Bonchev–Trinajstić information content (AvgIpc) is 2.68. The van der Waals surface area contributed by atoms with Crippen LogP contribution in [-0.4, -0.2) is 35.0 Å². The molecule has 1 aliphatic heterocycles. The fourth-order valence-corrected chi connectivity index (χ4v) is 6.86. The van der Waals surface area contributed by atoms with Crippen molar-refractivity contribution in [3.05, 3.63) is 30.1 Å². The van der Waals surface area contributed by atoms with Gasteiger partial charge in [0.2, 0.25) is 11.9 Å². The van der Waals surface area contributed by atoms with Crippen molar-refractivity contribution in [3.8, 4) is 0 Å². The van der Waals surface area contributed by atoms with Crippen molar-refractivity contribution < 1.29 is 4.79 Å². The lowest BCUT2D eigenvalue weighted by atomic mass is 9.48. The molecule has 150 valence electrons. The molecule has 5 aliphatic rings. The standard InChI is InChI=1S/C23H32N4O/c1-16(23-13-17-10-18(14-23)12-19(11-17)15-23)9-21(28)26-20-3-7-27(8-4-20)22-24-5-2-6-25-22/h2,5-6,9,17-20H,3-4,7-8,10-15H2,1H3,(H,26,28)/b16-9-. The Bertz CT molecular complexity index is 716. The molecule has 28 heavy (non-hydrogen) atoms. The van der Waals surface area contributed by atoms with Gasteiger partial charge in [0.1, 0.15) is 0 Å². The van der Waals surface area contributed by atoms with E-state index in [1.807, 2.05) is 12.1 Å². The van der Waals surface area contributed by atoms with Crippen LogP contribution in [0, 0.1) is 23.2 Å². The van der Waals surface area contributed by atoms with E-state index < -0.39 is 0 Å². The Hall–Kier alpha value is -1.91. The van der Waals surface area contributed by atoms with Crippen molar-refractivity contribution >= 4 is 11.9 Å². The van der Waals surface area contributed by atoms with Gasteiger partial charge in [-0.2, -0.15) is 0 Å². The molecule has 1 saturated heterocycles. The molecule has 1 aromatic rings. The van der Waals surface area contributed by atoms with Crippen molar-refractivity contribution in [1.82, 2.24) is 15.3 Å². The Labute approximate surface area is 168 Å². The van der Waals surface area contributed by atoms with E-state index in [0.717, 1.165) is 49.6 Å². The van der Waals surface area contributed by atoms with Crippen LogP contribution >= 0.6 is 0 Å². The predicted molar refractivity (Wildman–Crippen MR) is 110 cm³/mol. The molecular weight excluding hydrogens is 348 g/mol. The molecule has 1 aromatic heterocycles. The molecule has 0 atom stereocenters. The van der Waals surface area contributed by atoms with Crippen LogP contribution in [0.15, 0.2) is 30.1 Å². The van der Waals surface area contributed by atoms with Gasteiger partial charge in [-0.15, -0.1) is 0 Å². The zero-order chi connectivity index (χ0) is 19.1. The summed E-state index contributed by atoms with van der Waals surface area (Å²) in [6.45, 7) is 4.02. The van der Waals surface area contributed by atoms with Crippen molar-refractivity contribution in [2.24, 2.45) is 23.2 Å². The van der Waals surface area contributed by atoms with Gasteiger partial charge in [0.05, 0.1) is 0 Å². The molecule has 6 rings (SSSR count). The molecule has 4 saturated carbocycles. The van der Waals surface area contributed by atoms with Crippen molar-refractivity contribution in [1.29, 1.82) is 0 Å². The van der Waals surface area contributed by atoms with Gasteiger partial charge in [0.15, 0.2) is 0 Å². The number of anilines is 1. The monoisotopic (exact) mass is 380 g/mol. The summed E-state index contributed by atoms with van der Waals surface area (Å²) in [7, 11) is 0. The normalized spacial score (nSPS) is 35.2. The lowest BCUT2D eigenvalue weighted by Gasteiger charge is -2.57. The van der Waals surface area contributed by atoms with E-state index in [-0.39, 0.29) is 11.9 Å². The van der Waals surface area contributed by atoms with Crippen LogP contribution in [0.2, 0.25) is 0 Å². The highest BCUT2D eigenvalue weighted by Gasteiger charge is 2.51. The van der Waals surface area contributed by atoms with Crippen LogP contribution in [0.1, 0.15) is 58.3 Å². The second kappa shape index (κ2) is 7.16. The summed E-state index contributed by atoms with van der Waals surface area (Å²) in [5.74, 6) is 3.67. The quantitative estimate of drug-likeness (QED) is 0.809. The summed E-state index contributed by atoms with van der Waals surface area (Å²) in [6, 6.07) is 2.10. The summed E-state index contributed by atoms with van der Waals surface area (Å²) in [5.41, 5.74) is 1.68. The smallest absolute Gasteiger partial charge is 0.244 e. The number of hydrogen-bond acceptors (Lipinski definition) is 4. The Morgan fingerprint density at radius 2 is 1.64 bits per heavy atom. The second-order valence-electron chi connectivity index (χ2n) is 9.84. The second-order valence-corrected chi connectivity index (χ2v) is 9.84. The van der Waals surface area contributed by atoms with Crippen molar-refractivity contribution in [3.63, 3.8) is 0 Å². The minimum absolute atomic E-state index is 0.114. The fourth-order valence-electron chi connectivity index (χ4n) is 6.86. The van der Waals surface area contributed by atoms with Gasteiger partial charge in [0.25, 0.3) is 0 Å². The molecular formula is C23H32N4O. The first-order chi connectivity index (χ1) is 13.6. The molecule has 2 heterocycles. The lowest BCUT2D eigenvalue weighted by Crippen LogP contribution is -2.47. The molecule has 4 aliphatic carbocycles.